The highest BCUT2D eigenvalue weighted by Gasteiger charge is 2.31. The number of nitrogens with zero attached hydrogens (tertiary/aromatic N) is 1. The van der Waals surface area contributed by atoms with Gasteiger partial charge in [-0.15, -0.1) is 0 Å². The van der Waals surface area contributed by atoms with Crippen molar-refractivity contribution in [2.75, 3.05) is 10.6 Å². The topological polar surface area (TPSA) is 84.2 Å². The van der Waals surface area contributed by atoms with Crippen molar-refractivity contribution in [3.63, 3.8) is 0 Å². The molecule has 2 aromatic rings. The number of hydrogen-bond acceptors (Lipinski definition) is 4. The fraction of sp³-hybridized carbons (Fsp3) is 0.214. The van der Waals surface area contributed by atoms with Gasteiger partial charge < -0.3 is 15.2 Å². The van der Waals surface area contributed by atoms with Crippen molar-refractivity contribution in [1.29, 1.82) is 0 Å². The number of rotatable bonds is 4. The number of hydrogen-bond donors (Lipinski definition) is 2. The second-order valence-electron chi connectivity index (χ2n) is 4.79. The molecule has 2 rings (SSSR count). The molecule has 0 unspecified atom stereocenters. The molecule has 2 N–H and O–H groups in total. The molecule has 0 radical (unpaired) electrons. The van der Waals surface area contributed by atoms with Gasteiger partial charge in [0.25, 0.3) is 0 Å². The minimum absolute atomic E-state index is 0.0797. The Balaban J connectivity index is 2.00. The minimum Gasteiger partial charge on any atom is -0.360 e. The Morgan fingerprint density at radius 1 is 1.21 bits per heavy atom. The normalized spacial score (nSPS) is 11.2. The number of aryl methyl sites for hydroxylation is 1. The number of nitrogens with one attached hydrogen (secondary N) is 2. The molecule has 1 heterocycles. The van der Waals surface area contributed by atoms with Gasteiger partial charge in [0, 0.05) is 6.07 Å². The van der Waals surface area contributed by atoms with Gasteiger partial charge in [-0.1, -0.05) is 16.8 Å². The highest BCUT2D eigenvalue weighted by Crippen LogP contribution is 2.33. The standard InChI is InChI=1S/C14H11ClF3N3O3/c1-7-4-11(21-24-7)20-13(23)6-12(22)19-10-5-8(14(16,17)18)2-3-9(10)15/h2-5H,6H2,1H3,(H,19,22)(H,20,21,23). The Hall–Kier alpha value is -2.55. The summed E-state index contributed by atoms with van der Waals surface area (Å²) in [5, 5.41) is 7.92. The zero-order valence-electron chi connectivity index (χ0n) is 12.2. The average molecular weight is 362 g/mol. The van der Waals surface area contributed by atoms with E-state index in [2.05, 4.69) is 15.8 Å². The molecular weight excluding hydrogens is 351 g/mol. The van der Waals surface area contributed by atoms with Crippen LogP contribution in [0.4, 0.5) is 24.7 Å². The molecular formula is C14H11ClF3N3O3. The van der Waals surface area contributed by atoms with Crippen molar-refractivity contribution >= 4 is 34.9 Å². The lowest BCUT2D eigenvalue weighted by Gasteiger charge is -2.11. The van der Waals surface area contributed by atoms with E-state index in [9.17, 15) is 22.8 Å². The van der Waals surface area contributed by atoms with Crippen LogP contribution in [0.1, 0.15) is 17.7 Å². The first-order valence-electron chi connectivity index (χ1n) is 6.55. The summed E-state index contributed by atoms with van der Waals surface area (Å²) in [5.41, 5.74) is -1.20. The lowest BCUT2D eigenvalue weighted by Crippen LogP contribution is -2.22. The third-order valence-corrected chi connectivity index (χ3v) is 3.11. The Morgan fingerprint density at radius 3 is 2.46 bits per heavy atom. The molecule has 128 valence electrons. The van der Waals surface area contributed by atoms with Crippen LogP contribution in [0.5, 0.6) is 0 Å². The van der Waals surface area contributed by atoms with E-state index >= 15 is 0 Å². The molecule has 2 amide bonds. The van der Waals surface area contributed by atoms with Crippen LogP contribution >= 0.6 is 11.6 Å². The number of anilines is 2. The lowest BCUT2D eigenvalue weighted by molar-refractivity contribution is -0.137. The summed E-state index contributed by atoms with van der Waals surface area (Å²) >= 11 is 5.75. The first-order chi connectivity index (χ1) is 11.1. The maximum atomic E-state index is 12.7. The predicted molar refractivity (Wildman–Crippen MR) is 79.6 cm³/mol. The molecule has 1 aromatic heterocycles. The van der Waals surface area contributed by atoms with Crippen LogP contribution < -0.4 is 10.6 Å². The smallest absolute Gasteiger partial charge is 0.360 e. The van der Waals surface area contributed by atoms with Gasteiger partial charge in [0.05, 0.1) is 16.3 Å². The lowest BCUT2D eigenvalue weighted by atomic mass is 10.2. The summed E-state index contributed by atoms with van der Waals surface area (Å²) in [7, 11) is 0. The minimum atomic E-state index is -4.58. The van der Waals surface area contributed by atoms with E-state index in [1.54, 1.807) is 6.92 Å². The van der Waals surface area contributed by atoms with E-state index in [1.807, 2.05) is 0 Å². The van der Waals surface area contributed by atoms with Crippen LogP contribution in [0.2, 0.25) is 5.02 Å². The van der Waals surface area contributed by atoms with E-state index in [4.69, 9.17) is 16.1 Å². The Labute approximate surface area is 139 Å². The zero-order chi connectivity index (χ0) is 17.9. The molecule has 0 bridgehead atoms. The van der Waals surface area contributed by atoms with Crippen LogP contribution in [0, 0.1) is 6.92 Å². The van der Waals surface area contributed by atoms with E-state index in [1.165, 1.54) is 6.07 Å². The van der Waals surface area contributed by atoms with Crippen molar-refractivity contribution in [2.24, 2.45) is 0 Å². The van der Waals surface area contributed by atoms with Crippen LogP contribution in [0.3, 0.4) is 0 Å². The van der Waals surface area contributed by atoms with Gasteiger partial charge in [-0.2, -0.15) is 13.2 Å². The third-order valence-electron chi connectivity index (χ3n) is 2.78. The molecule has 0 aliphatic carbocycles. The first kappa shape index (κ1) is 17.8. The summed E-state index contributed by atoms with van der Waals surface area (Å²) in [6.07, 6.45) is -5.20. The molecule has 10 heteroatoms. The zero-order valence-corrected chi connectivity index (χ0v) is 13.0. The number of aromatic nitrogens is 1. The van der Waals surface area contributed by atoms with Gasteiger partial charge in [0.2, 0.25) is 11.8 Å². The molecule has 1 aromatic carbocycles. The van der Waals surface area contributed by atoms with Crippen LogP contribution in [0.15, 0.2) is 28.8 Å². The summed E-state index contributed by atoms with van der Waals surface area (Å²) < 4.78 is 42.7. The molecule has 0 saturated heterocycles. The monoisotopic (exact) mass is 361 g/mol. The van der Waals surface area contributed by atoms with Gasteiger partial charge >= 0.3 is 6.18 Å². The maximum Gasteiger partial charge on any atom is 0.416 e. The number of halogens is 4. The van der Waals surface area contributed by atoms with Gasteiger partial charge in [-0.05, 0) is 25.1 Å². The Kier molecular flexibility index (Phi) is 5.13. The number of benzene rings is 1. The van der Waals surface area contributed by atoms with Crippen molar-refractivity contribution in [3.8, 4) is 0 Å². The largest absolute Gasteiger partial charge is 0.416 e. The summed E-state index contributed by atoms with van der Waals surface area (Å²) in [6, 6.07) is 3.94. The fourth-order valence-electron chi connectivity index (χ4n) is 1.75. The maximum absolute atomic E-state index is 12.7. The van der Waals surface area contributed by atoms with Gasteiger partial charge in [-0.3, -0.25) is 9.59 Å². The Bertz CT molecular complexity index is 774. The van der Waals surface area contributed by atoms with Crippen molar-refractivity contribution in [3.05, 3.63) is 40.6 Å². The number of amides is 2. The molecule has 0 aliphatic heterocycles. The highest BCUT2D eigenvalue weighted by atomic mass is 35.5. The van der Waals surface area contributed by atoms with E-state index in [0.717, 1.165) is 12.1 Å². The predicted octanol–water partition coefficient (Wildman–Crippen LogP) is 3.62. The summed E-state index contributed by atoms with van der Waals surface area (Å²) in [4.78, 5) is 23.4. The van der Waals surface area contributed by atoms with E-state index in [0.29, 0.717) is 11.8 Å². The molecule has 0 aliphatic rings. The first-order valence-corrected chi connectivity index (χ1v) is 6.92. The van der Waals surface area contributed by atoms with Crippen molar-refractivity contribution in [2.45, 2.75) is 19.5 Å². The molecule has 0 saturated carbocycles. The second-order valence-corrected chi connectivity index (χ2v) is 5.20. The highest BCUT2D eigenvalue weighted by molar-refractivity contribution is 6.33. The van der Waals surface area contributed by atoms with E-state index in [-0.39, 0.29) is 16.5 Å². The number of carbonyl (C=O) groups excluding carboxylic acids is 2. The second kappa shape index (κ2) is 6.91. The number of alkyl halides is 3. The fourth-order valence-corrected chi connectivity index (χ4v) is 1.91. The third kappa shape index (κ3) is 4.72. The van der Waals surface area contributed by atoms with Crippen LogP contribution in [-0.2, 0) is 15.8 Å². The molecule has 0 fully saturated rings. The molecule has 6 nitrogen and oxygen atoms in total. The van der Waals surface area contributed by atoms with Crippen LogP contribution in [0.25, 0.3) is 0 Å². The summed E-state index contributed by atoms with van der Waals surface area (Å²) in [5.74, 6) is -0.939. The Morgan fingerprint density at radius 2 is 1.88 bits per heavy atom. The van der Waals surface area contributed by atoms with Crippen molar-refractivity contribution < 1.29 is 27.3 Å². The van der Waals surface area contributed by atoms with Crippen LogP contribution in [-0.4, -0.2) is 17.0 Å². The van der Waals surface area contributed by atoms with Gasteiger partial charge in [0.1, 0.15) is 12.2 Å². The van der Waals surface area contributed by atoms with Gasteiger partial charge in [0.15, 0.2) is 5.82 Å². The van der Waals surface area contributed by atoms with Gasteiger partial charge in [-0.25, -0.2) is 0 Å². The van der Waals surface area contributed by atoms with E-state index < -0.39 is 30.0 Å². The summed E-state index contributed by atoms with van der Waals surface area (Å²) in [6.45, 7) is 1.62. The SMILES string of the molecule is Cc1cc(NC(=O)CC(=O)Nc2cc(C(F)(F)F)ccc2Cl)no1. The molecule has 0 atom stereocenters. The molecule has 0 spiro atoms. The molecule has 24 heavy (non-hydrogen) atoms. The average Bonchev–Trinajstić information content (AvgIpc) is 2.84. The quantitative estimate of drug-likeness (QED) is 0.814. The number of carbonyl (C=O) groups is 2. The van der Waals surface area contributed by atoms with Crippen molar-refractivity contribution in [1.82, 2.24) is 5.16 Å².